The van der Waals surface area contributed by atoms with Crippen LogP contribution in [0.2, 0.25) is 0 Å². The van der Waals surface area contributed by atoms with Gasteiger partial charge in [0.2, 0.25) is 0 Å². The minimum Gasteiger partial charge on any atom is -0.300 e. The average Bonchev–Trinajstić information content (AvgIpc) is 2.85. The summed E-state index contributed by atoms with van der Waals surface area (Å²) < 4.78 is 0. The molecule has 0 aliphatic heterocycles. The van der Waals surface area contributed by atoms with Gasteiger partial charge in [0, 0.05) is 17.7 Å². The van der Waals surface area contributed by atoms with Gasteiger partial charge in [-0.3, -0.25) is 10.4 Å². The third-order valence-corrected chi connectivity index (χ3v) is 4.54. The second-order valence-electron chi connectivity index (χ2n) is 6.66. The molecule has 4 rings (SSSR count). The van der Waals surface area contributed by atoms with Crippen LogP contribution in [-0.2, 0) is 0 Å². The van der Waals surface area contributed by atoms with Crippen molar-refractivity contribution in [2.75, 3.05) is 6.54 Å². The molecular formula is C28H26N2. The van der Waals surface area contributed by atoms with E-state index in [1.165, 1.54) is 11.1 Å². The summed E-state index contributed by atoms with van der Waals surface area (Å²) in [5.41, 5.74) is 5.92. The number of nitrogens with one attached hydrogen (secondary N) is 1. The number of hydrogen-bond donors (Lipinski definition) is 1. The summed E-state index contributed by atoms with van der Waals surface area (Å²) in [5.74, 6) is 0. The van der Waals surface area contributed by atoms with Crippen LogP contribution in [0.1, 0.15) is 29.2 Å². The molecule has 1 N–H and O–H groups in total. The second-order valence-corrected chi connectivity index (χ2v) is 6.66. The van der Waals surface area contributed by atoms with Crippen LogP contribution >= 0.6 is 0 Å². The topological polar surface area (TPSA) is 36.2 Å². The normalized spacial score (nSPS) is 9.77. The van der Waals surface area contributed by atoms with Gasteiger partial charge in [0.1, 0.15) is 0 Å². The largest absolute Gasteiger partial charge is 0.300 e. The molecule has 0 saturated carbocycles. The smallest absolute Gasteiger partial charge is 0.0718 e. The van der Waals surface area contributed by atoms with E-state index >= 15 is 0 Å². The van der Waals surface area contributed by atoms with E-state index in [1.807, 2.05) is 97.1 Å². The molecule has 0 atom stereocenters. The lowest BCUT2D eigenvalue weighted by molar-refractivity contribution is 1.13. The Morgan fingerprint density at radius 2 is 0.833 bits per heavy atom. The van der Waals surface area contributed by atoms with Gasteiger partial charge in [0.05, 0.1) is 11.4 Å². The van der Waals surface area contributed by atoms with Gasteiger partial charge in [0.15, 0.2) is 0 Å². The van der Waals surface area contributed by atoms with Crippen LogP contribution in [0, 0.1) is 5.41 Å². The van der Waals surface area contributed by atoms with Crippen LogP contribution in [0.25, 0.3) is 0 Å². The Balaban J connectivity index is 0.000000172. The van der Waals surface area contributed by atoms with Crippen LogP contribution in [0.15, 0.2) is 126 Å². The van der Waals surface area contributed by atoms with Crippen LogP contribution in [0.4, 0.5) is 0 Å². The minimum absolute atomic E-state index is 0.575. The molecule has 0 aliphatic rings. The monoisotopic (exact) mass is 390 g/mol. The van der Waals surface area contributed by atoms with E-state index in [1.54, 1.807) is 0 Å². The van der Waals surface area contributed by atoms with Crippen LogP contribution in [0.5, 0.6) is 0 Å². The number of aliphatic imine (C=N–C) groups is 1. The first-order valence-electron chi connectivity index (χ1n) is 10.1. The molecule has 148 valence electrons. The van der Waals surface area contributed by atoms with Gasteiger partial charge in [-0.15, -0.1) is 0 Å². The van der Waals surface area contributed by atoms with Gasteiger partial charge in [-0.05, 0) is 18.1 Å². The maximum Gasteiger partial charge on any atom is 0.0718 e. The van der Waals surface area contributed by atoms with Crippen molar-refractivity contribution in [1.29, 1.82) is 5.41 Å². The summed E-state index contributed by atoms with van der Waals surface area (Å²) >= 11 is 0. The first-order valence-corrected chi connectivity index (χ1v) is 10.1. The van der Waals surface area contributed by atoms with Crippen molar-refractivity contribution >= 4 is 11.4 Å². The number of hydrogen-bond acceptors (Lipinski definition) is 2. The molecule has 0 fully saturated rings. The summed E-state index contributed by atoms with van der Waals surface area (Å²) in [6.07, 6.45) is 0. The van der Waals surface area contributed by atoms with Gasteiger partial charge in [-0.2, -0.15) is 0 Å². The number of rotatable bonds is 5. The zero-order chi connectivity index (χ0) is 21.0. The summed E-state index contributed by atoms with van der Waals surface area (Å²) in [6.45, 7) is 2.87. The van der Waals surface area contributed by atoms with Gasteiger partial charge in [0.25, 0.3) is 0 Å². The molecule has 2 heteroatoms. The molecule has 0 bridgehead atoms. The lowest BCUT2D eigenvalue weighted by atomic mass is 10.0. The zero-order valence-electron chi connectivity index (χ0n) is 17.2. The van der Waals surface area contributed by atoms with E-state index in [0.717, 1.165) is 23.4 Å². The van der Waals surface area contributed by atoms with Crippen molar-refractivity contribution in [1.82, 2.24) is 0 Å². The fourth-order valence-corrected chi connectivity index (χ4v) is 3.08. The molecule has 0 unspecified atom stereocenters. The maximum absolute atomic E-state index is 7.97. The maximum atomic E-state index is 7.97. The van der Waals surface area contributed by atoms with Crippen LogP contribution in [0.3, 0.4) is 0 Å². The van der Waals surface area contributed by atoms with Crippen molar-refractivity contribution < 1.29 is 0 Å². The van der Waals surface area contributed by atoms with Crippen LogP contribution in [-0.4, -0.2) is 18.0 Å². The predicted molar refractivity (Wildman–Crippen MR) is 128 cm³/mol. The lowest BCUT2D eigenvalue weighted by Crippen LogP contribution is -2.03. The summed E-state index contributed by atoms with van der Waals surface area (Å²) in [4.78, 5) is 4.58. The van der Waals surface area contributed by atoms with Gasteiger partial charge in [-0.25, -0.2) is 0 Å². The Labute approximate surface area is 179 Å². The van der Waals surface area contributed by atoms with Gasteiger partial charge >= 0.3 is 0 Å². The number of nitrogens with zero attached hydrogens (tertiary/aromatic N) is 1. The zero-order valence-corrected chi connectivity index (χ0v) is 17.2. The average molecular weight is 391 g/mol. The molecule has 0 radical (unpaired) electrons. The first-order chi connectivity index (χ1) is 14.8. The molecule has 4 aromatic rings. The highest BCUT2D eigenvalue weighted by molar-refractivity contribution is 6.13. The molecule has 30 heavy (non-hydrogen) atoms. The number of benzene rings is 4. The SMILES string of the molecule is CCN=C(c1ccccc1)c1ccccc1.N=C(c1ccccc1)c1ccccc1. The molecule has 4 aromatic carbocycles. The molecule has 0 aromatic heterocycles. The summed E-state index contributed by atoms with van der Waals surface area (Å²) in [7, 11) is 0. The standard InChI is InChI=1S/C15H15N.C13H11N/c1-2-16-15(13-9-5-3-6-10-13)14-11-7-4-8-12-14;14-13(11-7-3-1-4-8-11)12-9-5-2-6-10-12/h3-12H,2H2,1H3;1-10,14H. The van der Waals surface area contributed by atoms with E-state index in [0.29, 0.717) is 5.71 Å². The van der Waals surface area contributed by atoms with E-state index in [9.17, 15) is 0 Å². The Morgan fingerprint density at radius 1 is 0.533 bits per heavy atom. The van der Waals surface area contributed by atoms with E-state index in [2.05, 4.69) is 36.2 Å². The van der Waals surface area contributed by atoms with Crippen molar-refractivity contribution in [2.24, 2.45) is 4.99 Å². The fraction of sp³-hybridized carbons (Fsp3) is 0.0714. The molecule has 0 spiro atoms. The minimum atomic E-state index is 0.575. The van der Waals surface area contributed by atoms with E-state index < -0.39 is 0 Å². The molecule has 0 aliphatic carbocycles. The summed E-state index contributed by atoms with van der Waals surface area (Å²) in [5, 5.41) is 7.97. The van der Waals surface area contributed by atoms with Crippen molar-refractivity contribution in [3.05, 3.63) is 144 Å². The first kappa shape index (κ1) is 20.9. The van der Waals surface area contributed by atoms with Crippen molar-refractivity contribution in [3.8, 4) is 0 Å². The Morgan fingerprint density at radius 3 is 1.13 bits per heavy atom. The molecule has 2 nitrogen and oxygen atoms in total. The van der Waals surface area contributed by atoms with Gasteiger partial charge in [-0.1, -0.05) is 121 Å². The van der Waals surface area contributed by atoms with E-state index in [4.69, 9.17) is 5.41 Å². The quantitative estimate of drug-likeness (QED) is 0.371. The van der Waals surface area contributed by atoms with Gasteiger partial charge < -0.3 is 0 Å². The Hall–Kier alpha value is -3.78. The highest BCUT2D eigenvalue weighted by atomic mass is 14.7. The second kappa shape index (κ2) is 11.3. The third-order valence-electron chi connectivity index (χ3n) is 4.54. The highest BCUT2D eigenvalue weighted by Gasteiger charge is 2.04. The Bertz CT molecular complexity index is 972. The summed E-state index contributed by atoms with van der Waals surface area (Å²) in [6, 6.07) is 40.2. The van der Waals surface area contributed by atoms with Crippen molar-refractivity contribution in [2.45, 2.75) is 6.92 Å². The molecule has 0 amide bonds. The lowest BCUT2D eigenvalue weighted by Gasteiger charge is -2.06. The van der Waals surface area contributed by atoms with E-state index in [-0.39, 0.29) is 0 Å². The molecular weight excluding hydrogens is 364 g/mol. The van der Waals surface area contributed by atoms with Crippen LogP contribution < -0.4 is 0 Å². The fourth-order valence-electron chi connectivity index (χ4n) is 3.08. The predicted octanol–water partition coefficient (Wildman–Crippen LogP) is 6.65. The highest BCUT2D eigenvalue weighted by Crippen LogP contribution is 2.11. The Kier molecular flexibility index (Phi) is 7.87. The third kappa shape index (κ3) is 5.86. The molecule has 0 saturated heterocycles. The van der Waals surface area contributed by atoms with Crippen molar-refractivity contribution in [3.63, 3.8) is 0 Å². The molecule has 0 heterocycles.